The van der Waals surface area contributed by atoms with Crippen LogP contribution in [0.15, 0.2) is 42.6 Å². The molecule has 0 amide bonds. The molecule has 2 N–H and O–H groups in total. The summed E-state index contributed by atoms with van der Waals surface area (Å²) in [4.78, 5) is 22.0. The van der Waals surface area contributed by atoms with Gasteiger partial charge in [0.25, 0.3) is 0 Å². The molecule has 0 bridgehead atoms. The number of aromatic nitrogens is 4. The van der Waals surface area contributed by atoms with Gasteiger partial charge in [-0.2, -0.15) is 4.37 Å². The predicted molar refractivity (Wildman–Crippen MR) is 114 cm³/mol. The molecule has 0 aliphatic rings. The lowest BCUT2D eigenvalue weighted by atomic mass is 10.2. The quantitative estimate of drug-likeness (QED) is 0.495. The van der Waals surface area contributed by atoms with Crippen molar-refractivity contribution in [3.63, 3.8) is 0 Å². The van der Waals surface area contributed by atoms with Gasteiger partial charge in [0.1, 0.15) is 11.3 Å². The highest BCUT2D eigenvalue weighted by Crippen LogP contribution is 2.27. The third-order valence-corrected chi connectivity index (χ3v) is 5.26. The van der Waals surface area contributed by atoms with E-state index in [4.69, 9.17) is 9.97 Å². The third-order valence-electron chi connectivity index (χ3n) is 4.39. The molecule has 0 aliphatic heterocycles. The summed E-state index contributed by atoms with van der Waals surface area (Å²) in [6.45, 7) is 6.08. The van der Waals surface area contributed by atoms with E-state index in [1.54, 1.807) is 18.2 Å². The van der Waals surface area contributed by atoms with Crippen molar-refractivity contribution in [3.8, 4) is 5.69 Å². The highest BCUT2D eigenvalue weighted by Gasteiger charge is 2.16. The second kappa shape index (κ2) is 7.63. The number of anilines is 1. The van der Waals surface area contributed by atoms with Gasteiger partial charge in [-0.05, 0) is 62.6 Å². The van der Waals surface area contributed by atoms with Gasteiger partial charge in [-0.3, -0.25) is 0 Å². The van der Waals surface area contributed by atoms with Gasteiger partial charge >= 0.3 is 5.97 Å². The van der Waals surface area contributed by atoms with Crippen molar-refractivity contribution in [1.82, 2.24) is 18.9 Å². The number of carboxylic acids is 1. The zero-order chi connectivity index (χ0) is 20.5. The highest BCUT2D eigenvalue weighted by atomic mass is 32.1. The molecule has 0 atom stereocenters. The number of aryl methyl sites for hydroxylation is 1. The van der Waals surface area contributed by atoms with Crippen LogP contribution in [0.2, 0.25) is 0 Å². The van der Waals surface area contributed by atoms with E-state index < -0.39 is 5.97 Å². The third kappa shape index (κ3) is 3.97. The number of nitrogens with one attached hydrogen (secondary N) is 1. The Kier molecular flexibility index (Phi) is 5.02. The molecule has 0 radical (unpaired) electrons. The first-order chi connectivity index (χ1) is 13.9. The number of carbonyl (C=O) groups is 1. The summed E-state index contributed by atoms with van der Waals surface area (Å²) in [5, 5.41) is 12.7. The standard InChI is InChI=1S/C21H21N5O2S/c1-12(2)22-20-19-17(23-18(24-20)11-16-9-13(3)25-29-16)7-8-26(19)15-6-4-5-14(10-15)21(27)28/h4-10,12H,11H2,1-3H3,(H,27,28)(H,22,23,24). The number of carboxylic acid groups (broad SMARTS) is 1. The molecular formula is C21H21N5O2S. The Morgan fingerprint density at radius 1 is 1.24 bits per heavy atom. The Morgan fingerprint density at radius 2 is 2.07 bits per heavy atom. The fourth-order valence-electron chi connectivity index (χ4n) is 3.21. The molecule has 1 aromatic carbocycles. The average molecular weight is 407 g/mol. The van der Waals surface area contributed by atoms with E-state index in [-0.39, 0.29) is 11.6 Å². The molecule has 8 heteroatoms. The Bertz CT molecular complexity index is 1190. The van der Waals surface area contributed by atoms with Crippen LogP contribution in [0.25, 0.3) is 16.7 Å². The van der Waals surface area contributed by atoms with Crippen LogP contribution in [0, 0.1) is 6.92 Å². The summed E-state index contributed by atoms with van der Waals surface area (Å²) >= 11 is 1.46. The summed E-state index contributed by atoms with van der Waals surface area (Å²) in [6, 6.07) is 11.0. The second-order valence-electron chi connectivity index (χ2n) is 7.17. The smallest absolute Gasteiger partial charge is 0.335 e. The van der Waals surface area contributed by atoms with Crippen molar-refractivity contribution in [2.45, 2.75) is 33.2 Å². The maximum absolute atomic E-state index is 11.4. The van der Waals surface area contributed by atoms with E-state index in [1.807, 2.05) is 29.8 Å². The maximum Gasteiger partial charge on any atom is 0.335 e. The molecule has 3 heterocycles. The topological polar surface area (TPSA) is 92.9 Å². The van der Waals surface area contributed by atoms with E-state index >= 15 is 0 Å². The minimum absolute atomic E-state index is 0.181. The first kappa shape index (κ1) is 19.1. The van der Waals surface area contributed by atoms with Crippen LogP contribution in [0.5, 0.6) is 0 Å². The monoisotopic (exact) mass is 407 g/mol. The van der Waals surface area contributed by atoms with Crippen molar-refractivity contribution in [2.24, 2.45) is 0 Å². The van der Waals surface area contributed by atoms with Crippen molar-refractivity contribution >= 4 is 34.4 Å². The lowest BCUT2D eigenvalue weighted by molar-refractivity contribution is 0.0697. The molecule has 0 saturated heterocycles. The van der Waals surface area contributed by atoms with Crippen molar-refractivity contribution in [2.75, 3.05) is 5.32 Å². The normalized spacial score (nSPS) is 11.3. The average Bonchev–Trinajstić information content (AvgIpc) is 3.27. The molecule has 4 aromatic rings. The number of fused-ring (bicyclic) bond motifs is 1. The van der Waals surface area contributed by atoms with Gasteiger partial charge in [-0.1, -0.05) is 6.07 Å². The Morgan fingerprint density at radius 3 is 2.76 bits per heavy atom. The van der Waals surface area contributed by atoms with Crippen LogP contribution in [-0.4, -0.2) is 36.0 Å². The molecule has 29 heavy (non-hydrogen) atoms. The summed E-state index contributed by atoms with van der Waals surface area (Å²) < 4.78 is 6.25. The Balaban J connectivity index is 1.83. The first-order valence-corrected chi connectivity index (χ1v) is 10.1. The SMILES string of the molecule is Cc1cc(Cc2nc(NC(C)C)c3c(ccn3-c3cccc(C(=O)O)c3)n2)sn1. The molecule has 4 rings (SSSR count). The fourth-order valence-corrected chi connectivity index (χ4v) is 3.94. The zero-order valence-electron chi connectivity index (χ0n) is 16.4. The van der Waals surface area contributed by atoms with Crippen LogP contribution in [0.4, 0.5) is 5.82 Å². The van der Waals surface area contributed by atoms with Crippen molar-refractivity contribution in [1.29, 1.82) is 0 Å². The van der Waals surface area contributed by atoms with E-state index in [1.165, 1.54) is 11.5 Å². The van der Waals surface area contributed by atoms with Crippen LogP contribution >= 0.6 is 11.5 Å². The van der Waals surface area contributed by atoms with E-state index in [0.29, 0.717) is 6.42 Å². The van der Waals surface area contributed by atoms with Gasteiger partial charge in [0.05, 0.1) is 16.8 Å². The van der Waals surface area contributed by atoms with Gasteiger partial charge in [0.15, 0.2) is 5.82 Å². The van der Waals surface area contributed by atoms with Crippen LogP contribution in [0.1, 0.15) is 40.6 Å². The van der Waals surface area contributed by atoms with Gasteiger partial charge in [0, 0.05) is 29.2 Å². The van der Waals surface area contributed by atoms with Gasteiger partial charge in [-0.15, -0.1) is 0 Å². The number of hydrogen-bond donors (Lipinski definition) is 2. The number of hydrogen-bond acceptors (Lipinski definition) is 6. The summed E-state index contributed by atoms with van der Waals surface area (Å²) in [6.07, 6.45) is 2.51. The molecular weight excluding hydrogens is 386 g/mol. The van der Waals surface area contributed by atoms with Crippen molar-refractivity contribution in [3.05, 3.63) is 64.6 Å². The second-order valence-corrected chi connectivity index (χ2v) is 8.06. The van der Waals surface area contributed by atoms with Gasteiger partial charge in [-0.25, -0.2) is 14.8 Å². The lowest BCUT2D eigenvalue weighted by Crippen LogP contribution is -2.14. The minimum Gasteiger partial charge on any atom is -0.478 e. The van der Waals surface area contributed by atoms with Crippen molar-refractivity contribution < 1.29 is 9.90 Å². The largest absolute Gasteiger partial charge is 0.478 e. The van der Waals surface area contributed by atoms with Crippen LogP contribution in [-0.2, 0) is 6.42 Å². The van der Waals surface area contributed by atoms with E-state index in [2.05, 4.69) is 29.6 Å². The molecule has 0 saturated carbocycles. The molecule has 0 unspecified atom stereocenters. The molecule has 3 aromatic heterocycles. The summed E-state index contributed by atoms with van der Waals surface area (Å²) in [5.74, 6) is 0.496. The molecule has 7 nitrogen and oxygen atoms in total. The predicted octanol–water partition coefficient (Wildman–Crippen LogP) is 4.29. The maximum atomic E-state index is 11.4. The number of rotatable bonds is 6. The fraction of sp³-hybridized carbons (Fsp3) is 0.238. The highest BCUT2D eigenvalue weighted by molar-refractivity contribution is 7.05. The number of nitrogens with zero attached hydrogens (tertiary/aromatic N) is 4. The minimum atomic E-state index is -0.956. The molecule has 0 aliphatic carbocycles. The van der Waals surface area contributed by atoms with E-state index in [9.17, 15) is 9.90 Å². The summed E-state index contributed by atoms with van der Waals surface area (Å²) in [7, 11) is 0. The summed E-state index contributed by atoms with van der Waals surface area (Å²) in [5.41, 5.74) is 3.61. The zero-order valence-corrected chi connectivity index (χ0v) is 17.2. The van der Waals surface area contributed by atoms with Crippen LogP contribution < -0.4 is 5.32 Å². The molecule has 0 spiro atoms. The Labute approximate surface area is 172 Å². The van der Waals surface area contributed by atoms with E-state index in [0.717, 1.165) is 38.9 Å². The lowest BCUT2D eigenvalue weighted by Gasteiger charge is -2.14. The Hall–Kier alpha value is -3.26. The van der Waals surface area contributed by atoms with Gasteiger partial charge in [0.2, 0.25) is 0 Å². The molecule has 148 valence electrons. The number of aromatic carboxylic acids is 1. The first-order valence-electron chi connectivity index (χ1n) is 9.31. The number of benzene rings is 1. The van der Waals surface area contributed by atoms with Gasteiger partial charge < -0.3 is 15.0 Å². The molecule has 0 fully saturated rings. The van der Waals surface area contributed by atoms with Crippen LogP contribution in [0.3, 0.4) is 0 Å².